The van der Waals surface area contributed by atoms with Crippen molar-refractivity contribution in [3.63, 3.8) is 0 Å². The molecule has 1 N–H and O–H groups in total. The Morgan fingerprint density at radius 3 is 2.48 bits per heavy atom. The van der Waals surface area contributed by atoms with Crippen molar-refractivity contribution < 1.29 is 33.1 Å². The van der Waals surface area contributed by atoms with Crippen molar-refractivity contribution in [2.75, 3.05) is 0 Å². The van der Waals surface area contributed by atoms with Gasteiger partial charge in [-0.15, -0.1) is 5.06 Å². The molecule has 1 aliphatic heterocycles. The Kier molecular flexibility index (Phi) is 3.32. The lowest BCUT2D eigenvalue weighted by Crippen LogP contribution is -2.33. The molecule has 9 heteroatoms. The van der Waals surface area contributed by atoms with Crippen LogP contribution in [0.5, 0.6) is 5.75 Å². The first-order chi connectivity index (χ1) is 10.9. The molecule has 1 fully saturated rings. The molecule has 1 saturated heterocycles. The number of nitrogens with zero attached hydrogens (tertiary/aromatic N) is 1. The minimum Gasteiger partial charge on any atom is -0.505 e. The summed E-state index contributed by atoms with van der Waals surface area (Å²) in [7, 11) is 0. The molecular formula is C14H8FNO7. The predicted octanol–water partition coefficient (Wildman–Crippen LogP) is 0.858. The van der Waals surface area contributed by atoms with E-state index in [9.17, 15) is 28.7 Å². The van der Waals surface area contributed by atoms with E-state index >= 15 is 0 Å². The number of carbonyl (C=O) groups is 3. The summed E-state index contributed by atoms with van der Waals surface area (Å²) in [6, 6.07) is 2.72. The van der Waals surface area contributed by atoms with Crippen molar-refractivity contribution in [3.05, 3.63) is 40.0 Å². The van der Waals surface area contributed by atoms with E-state index in [1.54, 1.807) is 0 Å². The van der Waals surface area contributed by atoms with Crippen LogP contribution >= 0.6 is 0 Å². The van der Waals surface area contributed by atoms with Gasteiger partial charge in [-0.05, 0) is 12.1 Å². The number of phenolic OH excluding ortho intramolecular Hbond substituents is 1. The topological polar surface area (TPSA) is 114 Å². The Morgan fingerprint density at radius 2 is 1.83 bits per heavy atom. The van der Waals surface area contributed by atoms with Crippen LogP contribution in [0.25, 0.3) is 11.0 Å². The zero-order valence-corrected chi connectivity index (χ0v) is 11.4. The largest absolute Gasteiger partial charge is 0.505 e. The highest BCUT2D eigenvalue weighted by Crippen LogP contribution is 2.23. The minimum atomic E-state index is -1.28. The molecule has 0 unspecified atom stereocenters. The summed E-state index contributed by atoms with van der Waals surface area (Å²) in [5.74, 6) is -4.38. The number of aromatic hydroxyl groups is 1. The molecule has 0 radical (unpaired) electrons. The van der Waals surface area contributed by atoms with E-state index in [2.05, 4.69) is 4.84 Å². The molecule has 118 valence electrons. The third-order valence-electron chi connectivity index (χ3n) is 3.20. The number of rotatable bonds is 2. The fourth-order valence-electron chi connectivity index (χ4n) is 2.06. The van der Waals surface area contributed by atoms with Gasteiger partial charge >= 0.3 is 11.6 Å². The average Bonchev–Trinajstić information content (AvgIpc) is 2.80. The lowest BCUT2D eigenvalue weighted by Gasteiger charge is -2.12. The molecule has 3 rings (SSSR count). The van der Waals surface area contributed by atoms with Gasteiger partial charge in [-0.25, -0.2) is 14.0 Å². The molecule has 2 amide bonds. The highest BCUT2D eigenvalue weighted by Gasteiger charge is 2.34. The number of amides is 2. The Bertz CT molecular complexity index is 901. The molecule has 23 heavy (non-hydrogen) atoms. The highest BCUT2D eigenvalue weighted by molar-refractivity contribution is 6.03. The Labute approximate surface area is 126 Å². The Hall–Kier alpha value is -3.23. The van der Waals surface area contributed by atoms with Gasteiger partial charge in [0.05, 0.1) is 0 Å². The first-order valence-corrected chi connectivity index (χ1v) is 6.41. The molecule has 0 atom stereocenters. The van der Waals surface area contributed by atoms with Crippen LogP contribution in [0, 0.1) is 5.82 Å². The van der Waals surface area contributed by atoms with E-state index in [-0.39, 0.29) is 28.9 Å². The zero-order chi connectivity index (χ0) is 16.7. The smallest absolute Gasteiger partial charge is 0.371 e. The summed E-state index contributed by atoms with van der Waals surface area (Å²) in [5.41, 5.74) is -1.87. The summed E-state index contributed by atoms with van der Waals surface area (Å²) in [4.78, 5) is 51.1. The van der Waals surface area contributed by atoms with Crippen molar-refractivity contribution in [1.82, 2.24) is 5.06 Å². The van der Waals surface area contributed by atoms with Crippen molar-refractivity contribution >= 4 is 28.8 Å². The van der Waals surface area contributed by atoms with Crippen molar-refractivity contribution in [1.29, 1.82) is 0 Å². The lowest BCUT2D eigenvalue weighted by molar-refractivity contribution is -0.172. The number of benzene rings is 1. The van der Waals surface area contributed by atoms with Crippen molar-refractivity contribution in [2.45, 2.75) is 12.8 Å². The monoisotopic (exact) mass is 321 g/mol. The van der Waals surface area contributed by atoms with Gasteiger partial charge in [0.1, 0.15) is 11.1 Å². The summed E-state index contributed by atoms with van der Waals surface area (Å²) in [6.45, 7) is 0. The average molecular weight is 321 g/mol. The van der Waals surface area contributed by atoms with Crippen LogP contribution in [-0.2, 0) is 14.4 Å². The van der Waals surface area contributed by atoms with Gasteiger partial charge in [0.15, 0.2) is 11.6 Å². The quantitative estimate of drug-likeness (QED) is 0.644. The van der Waals surface area contributed by atoms with Crippen LogP contribution in [0.3, 0.4) is 0 Å². The molecule has 2 heterocycles. The minimum absolute atomic E-state index is 0.0194. The van der Waals surface area contributed by atoms with Crippen molar-refractivity contribution in [3.8, 4) is 5.75 Å². The van der Waals surface area contributed by atoms with Crippen LogP contribution in [0.2, 0.25) is 0 Å². The number of hydrogen-bond acceptors (Lipinski definition) is 7. The Balaban J connectivity index is 1.99. The van der Waals surface area contributed by atoms with Gasteiger partial charge < -0.3 is 14.4 Å². The summed E-state index contributed by atoms with van der Waals surface area (Å²) >= 11 is 0. The molecule has 1 aliphatic rings. The third-order valence-corrected chi connectivity index (χ3v) is 3.20. The molecule has 0 saturated carbocycles. The normalized spacial score (nSPS) is 14.6. The first kappa shape index (κ1) is 14.7. The molecule has 1 aromatic heterocycles. The van der Waals surface area contributed by atoms with Gasteiger partial charge in [0.25, 0.3) is 11.8 Å². The first-order valence-electron chi connectivity index (χ1n) is 6.41. The molecule has 2 aromatic rings. The number of imide groups is 1. The third kappa shape index (κ3) is 2.52. The zero-order valence-electron chi connectivity index (χ0n) is 11.4. The van der Waals surface area contributed by atoms with Crippen LogP contribution in [0.4, 0.5) is 4.39 Å². The second-order valence-corrected chi connectivity index (χ2v) is 4.75. The van der Waals surface area contributed by atoms with E-state index in [0.29, 0.717) is 0 Å². The van der Waals surface area contributed by atoms with Gasteiger partial charge in [0, 0.05) is 24.3 Å². The van der Waals surface area contributed by atoms with E-state index in [4.69, 9.17) is 4.42 Å². The Morgan fingerprint density at radius 1 is 1.17 bits per heavy atom. The lowest BCUT2D eigenvalue weighted by atomic mass is 10.2. The number of phenols is 1. The van der Waals surface area contributed by atoms with Gasteiger partial charge in [-0.1, -0.05) is 0 Å². The van der Waals surface area contributed by atoms with Crippen LogP contribution < -0.4 is 5.63 Å². The van der Waals surface area contributed by atoms with Gasteiger partial charge in [-0.2, -0.15) is 0 Å². The molecular weight excluding hydrogens is 313 g/mol. The second kappa shape index (κ2) is 5.20. The number of fused-ring (bicyclic) bond motifs is 1. The number of hydrogen-bond donors (Lipinski definition) is 1. The maximum absolute atomic E-state index is 13.3. The fraction of sp³-hybridized carbons (Fsp3) is 0.143. The summed E-state index contributed by atoms with van der Waals surface area (Å²) in [6.07, 6.45) is -0.189. The highest BCUT2D eigenvalue weighted by atomic mass is 19.1. The molecule has 8 nitrogen and oxygen atoms in total. The molecule has 1 aromatic carbocycles. The molecule has 0 aliphatic carbocycles. The van der Waals surface area contributed by atoms with Crippen LogP contribution in [0.1, 0.15) is 23.2 Å². The number of halogens is 1. The predicted molar refractivity (Wildman–Crippen MR) is 70.6 cm³/mol. The van der Waals surface area contributed by atoms with Gasteiger partial charge in [0.2, 0.25) is 0 Å². The molecule has 0 bridgehead atoms. The maximum Gasteiger partial charge on any atom is 0.371 e. The number of hydroxylamine groups is 2. The van der Waals surface area contributed by atoms with E-state index in [1.807, 2.05) is 0 Å². The molecule has 0 spiro atoms. The van der Waals surface area contributed by atoms with E-state index < -0.39 is 40.5 Å². The SMILES string of the molecule is O=C(ON1C(=O)CCC1=O)c1cc2cc(F)c(O)cc2oc1=O. The summed E-state index contributed by atoms with van der Waals surface area (Å²) in [5, 5.41) is 9.52. The van der Waals surface area contributed by atoms with E-state index in [0.717, 1.165) is 18.2 Å². The van der Waals surface area contributed by atoms with Gasteiger partial charge in [-0.3, -0.25) is 9.59 Å². The van der Waals surface area contributed by atoms with Crippen LogP contribution in [0.15, 0.2) is 27.4 Å². The number of carbonyl (C=O) groups excluding carboxylic acids is 3. The standard InChI is InChI=1S/C14H8FNO7/c15-8-4-6-3-7(13(20)22-10(6)5-9(8)17)14(21)23-16-11(18)1-2-12(16)19/h3-5,17H,1-2H2. The fourth-order valence-corrected chi connectivity index (χ4v) is 2.06. The second-order valence-electron chi connectivity index (χ2n) is 4.75. The van der Waals surface area contributed by atoms with Crippen LogP contribution in [-0.4, -0.2) is 28.0 Å². The van der Waals surface area contributed by atoms with Crippen molar-refractivity contribution in [2.24, 2.45) is 0 Å². The maximum atomic E-state index is 13.3. The van der Waals surface area contributed by atoms with E-state index in [1.165, 1.54) is 0 Å². The summed E-state index contributed by atoms with van der Waals surface area (Å²) < 4.78 is 18.1.